The number of para-hydroxylation sites is 1. The predicted octanol–water partition coefficient (Wildman–Crippen LogP) is 2.11. The molecule has 3 rings (SSSR count). The van der Waals surface area contributed by atoms with Crippen LogP contribution < -0.4 is 5.73 Å². The molecular weight excluding hydrogens is 270 g/mol. The molecule has 6 heteroatoms. The zero-order valence-corrected chi connectivity index (χ0v) is 12.0. The summed E-state index contributed by atoms with van der Waals surface area (Å²) in [6.45, 7) is 0.403. The van der Waals surface area contributed by atoms with Crippen LogP contribution >= 0.6 is 11.8 Å². The zero-order valence-electron chi connectivity index (χ0n) is 11.2. The third-order valence-corrected chi connectivity index (χ3v) is 4.25. The highest BCUT2D eigenvalue weighted by molar-refractivity contribution is 7.98. The molecule has 0 atom stereocenters. The van der Waals surface area contributed by atoms with Crippen LogP contribution in [-0.4, -0.2) is 19.7 Å². The minimum atomic E-state index is 0.403. The number of hydrogen-bond donors (Lipinski definition) is 1. The van der Waals surface area contributed by atoms with Crippen molar-refractivity contribution in [1.29, 1.82) is 0 Å². The van der Waals surface area contributed by atoms with E-state index in [1.165, 1.54) is 5.56 Å². The molecule has 3 aromatic rings. The Labute approximate surface area is 121 Å². The molecule has 0 amide bonds. The second-order valence-electron chi connectivity index (χ2n) is 4.44. The summed E-state index contributed by atoms with van der Waals surface area (Å²) < 4.78 is 1.93. The van der Waals surface area contributed by atoms with Crippen molar-refractivity contribution in [2.75, 3.05) is 0 Å². The number of thioether (sulfide) groups is 1. The number of aromatic nitrogens is 4. The summed E-state index contributed by atoms with van der Waals surface area (Å²) in [6, 6.07) is 10.3. The Morgan fingerprint density at radius 2 is 2.05 bits per heavy atom. The van der Waals surface area contributed by atoms with Crippen LogP contribution in [0.3, 0.4) is 0 Å². The Hall–Kier alpha value is -1.92. The highest BCUT2D eigenvalue weighted by Crippen LogP contribution is 2.25. The van der Waals surface area contributed by atoms with Crippen molar-refractivity contribution >= 4 is 22.7 Å². The summed E-state index contributed by atoms with van der Waals surface area (Å²) in [6.07, 6.45) is 1.82. The Bertz CT molecular complexity index is 732. The number of nitrogens with two attached hydrogens (primary N) is 1. The maximum absolute atomic E-state index is 5.60. The molecule has 1 aromatic carbocycles. The lowest BCUT2D eigenvalue weighted by Crippen LogP contribution is -2.05. The summed E-state index contributed by atoms with van der Waals surface area (Å²) in [7, 11) is 1.94. The Morgan fingerprint density at radius 1 is 1.20 bits per heavy atom. The smallest absolute Gasteiger partial charge is 0.191 e. The van der Waals surface area contributed by atoms with Gasteiger partial charge in [0.15, 0.2) is 5.16 Å². The average molecular weight is 285 g/mol. The molecule has 0 saturated carbocycles. The standard InChI is InChI=1S/C14H15N5S/c1-19-12(8-15)17-18-14(19)20-9-11-5-2-4-10-6-3-7-16-13(10)11/h2-7H,8-9,15H2,1H3. The molecule has 2 N–H and O–H groups in total. The summed E-state index contributed by atoms with van der Waals surface area (Å²) in [5.41, 5.74) is 7.85. The van der Waals surface area contributed by atoms with Gasteiger partial charge in [0, 0.05) is 24.4 Å². The van der Waals surface area contributed by atoms with E-state index in [1.54, 1.807) is 11.8 Å². The second kappa shape index (κ2) is 5.60. The molecule has 2 heterocycles. The molecule has 0 radical (unpaired) electrons. The first-order chi connectivity index (χ1) is 9.79. The van der Waals surface area contributed by atoms with Crippen LogP contribution in [0.15, 0.2) is 41.7 Å². The van der Waals surface area contributed by atoms with Crippen LogP contribution in [0.25, 0.3) is 10.9 Å². The summed E-state index contributed by atoms with van der Waals surface area (Å²) in [4.78, 5) is 4.46. The van der Waals surface area contributed by atoms with Crippen molar-refractivity contribution in [2.45, 2.75) is 17.5 Å². The van der Waals surface area contributed by atoms with Gasteiger partial charge in [-0.2, -0.15) is 0 Å². The fraction of sp³-hybridized carbons (Fsp3) is 0.214. The van der Waals surface area contributed by atoms with E-state index in [2.05, 4.69) is 39.4 Å². The molecule has 0 aliphatic carbocycles. The molecular formula is C14H15N5S. The number of hydrogen-bond acceptors (Lipinski definition) is 5. The van der Waals surface area contributed by atoms with Crippen LogP contribution in [0.4, 0.5) is 0 Å². The van der Waals surface area contributed by atoms with Crippen molar-refractivity contribution in [2.24, 2.45) is 12.8 Å². The quantitative estimate of drug-likeness (QED) is 0.744. The topological polar surface area (TPSA) is 69.6 Å². The maximum atomic E-state index is 5.60. The number of benzene rings is 1. The lowest BCUT2D eigenvalue weighted by molar-refractivity contribution is 0.734. The number of nitrogens with zero attached hydrogens (tertiary/aromatic N) is 4. The zero-order chi connectivity index (χ0) is 13.9. The van der Waals surface area contributed by atoms with Crippen molar-refractivity contribution in [3.8, 4) is 0 Å². The van der Waals surface area contributed by atoms with Crippen molar-refractivity contribution < 1.29 is 0 Å². The predicted molar refractivity (Wildman–Crippen MR) is 80.2 cm³/mol. The Kier molecular flexibility index (Phi) is 3.66. The number of rotatable bonds is 4. The van der Waals surface area contributed by atoms with Crippen LogP contribution in [-0.2, 0) is 19.3 Å². The van der Waals surface area contributed by atoms with E-state index in [1.807, 2.05) is 23.9 Å². The minimum Gasteiger partial charge on any atom is -0.324 e. The van der Waals surface area contributed by atoms with Crippen molar-refractivity contribution in [1.82, 2.24) is 19.7 Å². The maximum Gasteiger partial charge on any atom is 0.191 e. The van der Waals surface area contributed by atoms with Gasteiger partial charge in [-0.15, -0.1) is 10.2 Å². The average Bonchev–Trinajstić information content (AvgIpc) is 2.85. The Morgan fingerprint density at radius 3 is 2.85 bits per heavy atom. The lowest BCUT2D eigenvalue weighted by atomic mass is 10.1. The Balaban J connectivity index is 1.85. The normalized spacial score (nSPS) is 11.1. The van der Waals surface area contributed by atoms with Gasteiger partial charge in [0.25, 0.3) is 0 Å². The summed E-state index contributed by atoms with van der Waals surface area (Å²) >= 11 is 1.64. The third kappa shape index (κ3) is 2.39. The van der Waals surface area contributed by atoms with Gasteiger partial charge in [0.05, 0.1) is 12.1 Å². The largest absolute Gasteiger partial charge is 0.324 e. The molecule has 0 aliphatic heterocycles. The van der Waals surface area contributed by atoms with Crippen molar-refractivity contribution in [3.05, 3.63) is 47.9 Å². The van der Waals surface area contributed by atoms with E-state index < -0.39 is 0 Å². The van der Waals surface area contributed by atoms with E-state index >= 15 is 0 Å². The van der Waals surface area contributed by atoms with Gasteiger partial charge >= 0.3 is 0 Å². The molecule has 0 spiro atoms. The highest BCUT2D eigenvalue weighted by atomic mass is 32.2. The fourth-order valence-electron chi connectivity index (χ4n) is 2.07. The van der Waals surface area contributed by atoms with Gasteiger partial charge in [-0.3, -0.25) is 4.98 Å². The molecule has 0 fully saturated rings. The van der Waals surface area contributed by atoms with E-state index in [9.17, 15) is 0 Å². The van der Waals surface area contributed by atoms with Gasteiger partial charge in [0.2, 0.25) is 0 Å². The molecule has 0 bridgehead atoms. The van der Waals surface area contributed by atoms with Gasteiger partial charge in [-0.25, -0.2) is 0 Å². The molecule has 20 heavy (non-hydrogen) atoms. The molecule has 5 nitrogen and oxygen atoms in total. The monoisotopic (exact) mass is 285 g/mol. The second-order valence-corrected chi connectivity index (χ2v) is 5.39. The van der Waals surface area contributed by atoms with Crippen molar-refractivity contribution in [3.63, 3.8) is 0 Å². The van der Waals surface area contributed by atoms with Gasteiger partial charge in [-0.1, -0.05) is 36.0 Å². The van der Waals surface area contributed by atoms with Crippen LogP contribution in [0, 0.1) is 0 Å². The molecule has 0 saturated heterocycles. The minimum absolute atomic E-state index is 0.403. The number of fused-ring (bicyclic) bond motifs is 1. The first-order valence-corrected chi connectivity index (χ1v) is 7.32. The van der Waals surface area contributed by atoms with E-state index in [4.69, 9.17) is 5.73 Å². The first kappa shape index (κ1) is 13.1. The lowest BCUT2D eigenvalue weighted by Gasteiger charge is -2.05. The third-order valence-electron chi connectivity index (χ3n) is 3.18. The summed E-state index contributed by atoms with van der Waals surface area (Å²) in [5.74, 6) is 1.61. The van der Waals surface area contributed by atoms with Crippen LogP contribution in [0.1, 0.15) is 11.4 Å². The van der Waals surface area contributed by atoms with Crippen LogP contribution in [0.5, 0.6) is 0 Å². The first-order valence-electron chi connectivity index (χ1n) is 6.33. The summed E-state index contributed by atoms with van der Waals surface area (Å²) in [5, 5.41) is 10.2. The molecule has 0 aliphatic rings. The highest BCUT2D eigenvalue weighted by Gasteiger charge is 2.09. The van der Waals surface area contributed by atoms with E-state index in [-0.39, 0.29) is 0 Å². The molecule has 0 unspecified atom stereocenters. The fourth-order valence-corrected chi connectivity index (χ4v) is 2.99. The van der Waals surface area contributed by atoms with E-state index in [0.29, 0.717) is 6.54 Å². The number of pyridine rings is 1. The van der Waals surface area contributed by atoms with E-state index in [0.717, 1.165) is 27.6 Å². The SMILES string of the molecule is Cn1c(CN)nnc1SCc1cccc2cccnc12. The molecule has 2 aromatic heterocycles. The van der Waals surface area contributed by atoms with Gasteiger partial charge in [-0.05, 0) is 11.6 Å². The van der Waals surface area contributed by atoms with Gasteiger partial charge in [0.1, 0.15) is 5.82 Å². The molecule has 102 valence electrons. The van der Waals surface area contributed by atoms with Gasteiger partial charge < -0.3 is 10.3 Å². The van der Waals surface area contributed by atoms with Crippen LogP contribution in [0.2, 0.25) is 0 Å².